The first-order chi connectivity index (χ1) is 50.8. The lowest BCUT2D eigenvalue weighted by Crippen LogP contribution is -2.66. The van der Waals surface area contributed by atoms with E-state index in [1.807, 2.05) is 6.08 Å². The number of allylic oxidation sites excluding steroid dienone is 11. The second kappa shape index (κ2) is 65.0. The third-order valence-electron chi connectivity index (χ3n) is 20.7. The summed E-state index contributed by atoms with van der Waals surface area (Å²) in [5.74, 6) is -0.285. The minimum atomic E-state index is -1.98. The molecule has 17 unspecified atom stereocenters. The van der Waals surface area contributed by atoms with Gasteiger partial charge >= 0.3 is 0 Å². The standard InChI is InChI=1S/C85H153NO18/c1-3-5-7-9-11-13-15-17-19-21-23-25-26-27-28-29-30-31-32-33-34-35-36-37-38-39-40-41-42-43-45-47-49-51-53-55-57-59-61-63-73(91)86-68(69(90)62-60-58-56-54-52-50-48-46-44-24-22-20-18-16-14-12-10-8-6-4-2)67-99-83-79(97)76(94)81(71(65-88)101-83)104-85-80(98)77(95)82(72(66-89)102-85)103-84-78(96)75(93)74(92)70(64-87)100-84/h15,17,21,23,26-27,44,46,52,54,60,62,68-72,74-85,87-90,92-98H,3-14,16,18-20,22,24-25,28-43,45,47-51,53,55-59,61,63-67H2,1-2H3,(H,86,91)/b17-15-,23-21-,27-26-,46-44+,54-52+,62-60+. The fraction of sp³-hybridized carbons (Fsp3) is 0.847. The number of unbranched alkanes of at least 4 members (excludes halogenated alkanes) is 41. The van der Waals surface area contributed by atoms with E-state index in [-0.39, 0.29) is 18.9 Å². The fourth-order valence-electron chi connectivity index (χ4n) is 13.9. The maximum atomic E-state index is 13.5. The van der Waals surface area contributed by atoms with Gasteiger partial charge in [0.15, 0.2) is 18.9 Å². The zero-order valence-corrected chi connectivity index (χ0v) is 65.0. The van der Waals surface area contributed by atoms with Crippen molar-refractivity contribution in [2.75, 3.05) is 26.4 Å². The van der Waals surface area contributed by atoms with Gasteiger partial charge in [-0.2, -0.15) is 0 Å². The average molecular weight is 1480 g/mol. The highest BCUT2D eigenvalue weighted by Gasteiger charge is 2.54. The summed E-state index contributed by atoms with van der Waals surface area (Å²) < 4.78 is 34.4. The Labute approximate surface area is 629 Å². The summed E-state index contributed by atoms with van der Waals surface area (Å²) in [4.78, 5) is 13.5. The van der Waals surface area contributed by atoms with Crippen molar-refractivity contribution < 1.29 is 89.4 Å². The van der Waals surface area contributed by atoms with Crippen molar-refractivity contribution >= 4 is 5.91 Å². The van der Waals surface area contributed by atoms with Crippen LogP contribution in [0.2, 0.25) is 0 Å². The van der Waals surface area contributed by atoms with Crippen molar-refractivity contribution in [1.29, 1.82) is 0 Å². The summed E-state index contributed by atoms with van der Waals surface area (Å²) in [6.07, 6.45) is 59.1. The van der Waals surface area contributed by atoms with Gasteiger partial charge in [0.05, 0.1) is 38.6 Å². The summed E-state index contributed by atoms with van der Waals surface area (Å²) >= 11 is 0. The van der Waals surface area contributed by atoms with Gasteiger partial charge in [-0.1, -0.05) is 311 Å². The Morgan fingerprint density at radius 2 is 0.644 bits per heavy atom. The number of nitrogens with one attached hydrogen (secondary N) is 1. The molecule has 606 valence electrons. The third kappa shape index (κ3) is 44.2. The Hall–Kier alpha value is -2.77. The molecule has 3 fully saturated rings. The van der Waals surface area contributed by atoms with E-state index >= 15 is 0 Å². The molecule has 0 spiro atoms. The molecular weight excluding hydrogens is 1320 g/mol. The largest absolute Gasteiger partial charge is 0.394 e. The molecule has 12 N–H and O–H groups in total. The second-order valence-corrected chi connectivity index (χ2v) is 29.9. The van der Waals surface area contributed by atoms with Crippen LogP contribution in [0.15, 0.2) is 72.9 Å². The monoisotopic (exact) mass is 1480 g/mol. The summed E-state index contributed by atoms with van der Waals surface area (Å²) in [5.41, 5.74) is 0. The third-order valence-corrected chi connectivity index (χ3v) is 20.7. The summed E-state index contributed by atoms with van der Waals surface area (Å²) in [5, 5.41) is 121. The van der Waals surface area contributed by atoms with E-state index in [0.717, 1.165) is 57.8 Å². The number of aliphatic hydroxyl groups is 11. The van der Waals surface area contributed by atoms with Crippen molar-refractivity contribution in [2.45, 2.75) is 433 Å². The van der Waals surface area contributed by atoms with Crippen molar-refractivity contribution in [1.82, 2.24) is 5.32 Å². The van der Waals surface area contributed by atoms with Crippen LogP contribution in [0.1, 0.15) is 328 Å². The Morgan fingerprint density at radius 1 is 0.346 bits per heavy atom. The Bertz CT molecular complexity index is 2160. The van der Waals surface area contributed by atoms with Gasteiger partial charge in [0, 0.05) is 6.42 Å². The van der Waals surface area contributed by atoms with Crippen LogP contribution in [0, 0.1) is 0 Å². The second-order valence-electron chi connectivity index (χ2n) is 29.9. The number of hydrogen-bond acceptors (Lipinski definition) is 18. The molecule has 0 aromatic carbocycles. The number of aliphatic hydroxyl groups excluding tert-OH is 11. The predicted octanol–water partition coefficient (Wildman–Crippen LogP) is 14.8. The van der Waals surface area contributed by atoms with Crippen LogP contribution in [0.25, 0.3) is 0 Å². The molecule has 0 aromatic heterocycles. The van der Waals surface area contributed by atoms with E-state index in [0.29, 0.717) is 12.8 Å². The molecule has 0 radical (unpaired) electrons. The van der Waals surface area contributed by atoms with Gasteiger partial charge in [-0.15, -0.1) is 0 Å². The van der Waals surface area contributed by atoms with Gasteiger partial charge in [-0.25, -0.2) is 0 Å². The molecule has 19 heteroatoms. The Balaban J connectivity index is 1.32. The van der Waals surface area contributed by atoms with Crippen LogP contribution in [0.3, 0.4) is 0 Å². The van der Waals surface area contributed by atoms with Gasteiger partial charge < -0.3 is 89.9 Å². The Morgan fingerprint density at radius 3 is 1.03 bits per heavy atom. The molecule has 3 rings (SSSR count). The fourth-order valence-corrected chi connectivity index (χ4v) is 13.9. The minimum Gasteiger partial charge on any atom is -0.394 e. The number of ether oxygens (including phenoxy) is 6. The van der Waals surface area contributed by atoms with E-state index < -0.39 is 124 Å². The zero-order chi connectivity index (χ0) is 75.3. The number of carbonyl (C=O) groups is 1. The highest BCUT2D eigenvalue weighted by Crippen LogP contribution is 2.33. The number of amides is 1. The summed E-state index contributed by atoms with van der Waals surface area (Å²) in [6.45, 7) is 1.73. The summed E-state index contributed by atoms with van der Waals surface area (Å²) in [6, 6.07) is -0.999. The van der Waals surface area contributed by atoms with Gasteiger partial charge in [0.25, 0.3) is 0 Å². The summed E-state index contributed by atoms with van der Waals surface area (Å²) in [7, 11) is 0. The molecule has 3 saturated heterocycles. The molecule has 0 bridgehead atoms. The van der Waals surface area contributed by atoms with Crippen LogP contribution >= 0.6 is 0 Å². The van der Waals surface area contributed by atoms with Crippen LogP contribution in [0.4, 0.5) is 0 Å². The molecule has 104 heavy (non-hydrogen) atoms. The average Bonchev–Trinajstić information content (AvgIpc) is 0.783. The first-order valence-corrected chi connectivity index (χ1v) is 42.2. The highest BCUT2D eigenvalue weighted by atomic mass is 16.8. The quantitative estimate of drug-likeness (QED) is 0.0199. The van der Waals surface area contributed by atoms with E-state index in [4.69, 9.17) is 28.4 Å². The maximum absolute atomic E-state index is 13.5. The smallest absolute Gasteiger partial charge is 0.220 e. The molecule has 17 atom stereocenters. The van der Waals surface area contributed by atoms with E-state index in [1.54, 1.807) is 6.08 Å². The molecular formula is C85H153NO18. The topological polar surface area (TPSA) is 307 Å². The first kappa shape index (κ1) is 95.4. The van der Waals surface area contributed by atoms with Gasteiger partial charge in [-0.05, 0) is 83.5 Å². The lowest BCUT2D eigenvalue weighted by molar-refractivity contribution is -0.379. The first-order valence-electron chi connectivity index (χ1n) is 42.2. The lowest BCUT2D eigenvalue weighted by atomic mass is 9.96. The van der Waals surface area contributed by atoms with Crippen molar-refractivity contribution in [3.8, 4) is 0 Å². The van der Waals surface area contributed by atoms with Gasteiger partial charge in [0.2, 0.25) is 5.91 Å². The van der Waals surface area contributed by atoms with Crippen LogP contribution in [0.5, 0.6) is 0 Å². The number of carbonyl (C=O) groups excluding carboxylic acids is 1. The molecule has 0 aromatic rings. The van der Waals surface area contributed by atoms with Crippen LogP contribution < -0.4 is 5.32 Å². The molecule has 19 nitrogen and oxygen atoms in total. The SMILES string of the molecule is CCCCCCC/C=C\C/C=C\C/C=C\CCCCCCCCCCCCCCCCCCCCCCCCCCC(=O)NC(COC1OC(CO)C(OC2OC(CO)C(OC3OC(CO)C(O)C(O)C3O)C(O)C2O)C(O)C1O)C(O)/C=C/CC/C=C/CC/C=C/CCCCCCCCCCCC. The predicted molar refractivity (Wildman–Crippen MR) is 415 cm³/mol. The van der Waals surface area contributed by atoms with Crippen molar-refractivity contribution in [3.05, 3.63) is 72.9 Å². The highest BCUT2D eigenvalue weighted by molar-refractivity contribution is 5.76. The molecule has 3 heterocycles. The van der Waals surface area contributed by atoms with Crippen LogP contribution in [-0.4, -0.2) is 193 Å². The minimum absolute atomic E-state index is 0.233. The zero-order valence-electron chi connectivity index (χ0n) is 65.0. The van der Waals surface area contributed by atoms with Crippen molar-refractivity contribution in [3.63, 3.8) is 0 Å². The number of rotatable bonds is 67. The molecule has 3 aliphatic heterocycles. The van der Waals surface area contributed by atoms with Crippen molar-refractivity contribution in [2.24, 2.45) is 0 Å². The maximum Gasteiger partial charge on any atom is 0.220 e. The van der Waals surface area contributed by atoms with Gasteiger partial charge in [-0.3, -0.25) is 4.79 Å². The Kier molecular flexibility index (Phi) is 59.6. The van der Waals surface area contributed by atoms with E-state index in [1.165, 1.54) is 238 Å². The molecule has 1 amide bonds. The lowest BCUT2D eigenvalue weighted by Gasteiger charge is -2.48. The molecule has 0 saturated carbocycles. The van der Waals surface area contributed by atoms with E-state index in [2.05, 4.69) is 79.9 Å². The molecule has 0 aliphatic carbocycles. The molecule has 3 aliphatic rings. The normalized spacial score (nSPS) is 26.3. The number of hydrogen-bond donors (Lipinski definition) is 12. The van der Waals surface area contributed by atoms with E-state index in [9.17, 15) is 61.0 Å². The van der Waals surface area contributed by atoms with Gasteiger partial charge in [0.1, 0.15) is 73.2 Å². The van der Waals surface area contributed by atoms with Crippen LogP contribution in [-0.2, 0) is 33.2 Å².